The minimum absolute atomic E-state index is 0.730. The topological polar surface area (TPSA) is 105 Å². The molecule has 0 aliphatic rings. The van der Waals surface area contributed by atoms with E-state index in [1.807, 2.05) is 24.3 Å². The van der Waals surface area contributed by atoms with Crippen LogP contribution in [-0.4, -0.2) is 55.6 Å². The van der Waals surface area contributed by atoms with Gasteiger partial charge in [-0.2, -0.15) is 0 Å². The number of para-hydroxylation sites is 1. The summed E-state index contributed by atoms with van der Waals surface area (Å²) in [6, 6.07) is 8.11. The molecule has 0 saturated carbocycles. The monoisotopic (exact) mass is 339 g/mol. The van der Waals surface area contributed by atoms with Crippen molar-refractivity contribution in [3.63, 3.8) is 0 Å². The van der Waals surface area contributed by atoms with Crippen LogP contribution in [0.15, 0.2) is 36.9 Å². The van der Waals surface area contributed by atoms with Gasteiger partial charge >= 0.3 is 11.9 Å². The maximum Gasteiger partial charge on any atom is 0.414 e. The molecule has 24 heavy (non-hydrogen) atoms. The fourth-order valence-corrected chi connectivity index (χ4v) is 1.65. The van der Waals surface area contributed by atoms with Crippen molar-refractivity contribution in [2.24, 2.45) is 0 Å². The number of methoxy groups -OCH3 is 1. The molecule has 0 radical (unpaired) electrons. The predicted octanol–water partition coefficient (Wildman–Crippen LogP) is 1.58. The van der Waals surface area contributed by atoms with E-state index < -0.39 is 11.9 Å². The Balaban J connectivity index is 0.000000754. The zero-order chi connectivity index (χ0) is 18.2. The second-order valence-corrected chi connectivity index (χ2v) is 4.66. The van der Waals surface area contributed by atoms with Crippen LogP contribution >= 0.6 is 0 Å². The van der Waals surface area contributed by atoms with Gasteiger partial charge in [-0.3, -0.25) is 0 Å². The molecule has 0 heterocycles. The first-order valence-electron chi connectivity index (χ1n) is 7.50. The Morgan fingerprint density at radius 2 is 1.83 bits per heavy atom. The molecule has 0 amide bonds. The van der Waals surface area contributed by atoms with Crippen molar-refractivity contribution < 1.29 is 29.3 Å². The Bertz CT molecular complexity index is 492. The van der Waals surface area contributed by atoms with E-state index >= 15 is 0 Å². The maximum atomic E-state index is 9.10. The lowest BCUT2D eigenvalue weighted by Gasteiger charge is -2.10. The van der Waals surface area contributed by atoms with Gasteiger partial charge in [0.05, 0.1) is 13.2 Å². The highest BCUT2D eigenvalue weighted by Gasteiger charge is 2.04. The second-order valence-electron chi connectivity index (χ2n) is 4.66. The highest BCUT2D eigenvalue weighted by Crippen LogP contribution is 2.18. The summed E-state index contributed by atoms with van der Waals surface area (Å²) in [5.74, 6) is -2.68. The SMILES string of the molecule is C=CCc1ccccc1OCCCNCCOC.O=C(O)C(=O)O. The van der Waals surface area contributed by atoms with Gasteiger partial charge in [-0.25, -0.2) is 9.59 Å². The first-order valence-corrected chi connectivity index (χ1v) is 7.50. The third-order valence-corrected chi connectivity index (χ3v) is 2.76. The molecule has 0 spiro atoms. The third kappa shape index (κ3) is 11.2. The number of carbonyl (C=O) groups is 2. The fraction of sp³-hybridized carbons (Fsp3) is 0.412. The molecule has 1 rings (SSSR count). The van der Waals surface area contributed by atoms with Crippen molar-refractivity contribution in [2.75, 3.05) is 33.4 Å². The first kappa shape index (κ1) is 21.6. The molecule has 7 nitrogen and oxygen atoms in total. The highest BCUT2D eigenvalue weighted by atomic mass is 16.5. The fourth-order valence-electron chi connectivity index (χ4n) is 1.65. The number of nitrogens with one attached hydrogen (secondary N) is 1. The molecule has 0 atom stereocenters. The van der Waals surface area contributed by atoms with Gasteiger partial charge in [0.25, 0.3) is 0 Å². The van der Waals surface area contributed by atoms with Gasteiger partial charge in [0, 0.05) is 13.7 Å². The molecule has 134 valence electrons. The minimum atomic E-state index is -1.82. The molecule has 1 aromatic rings. The Labute approximate surface area is 141 Å². The summed E-state index contributed by atoms with van der Waals surface area (Å²) in [5.41, 5.74) is 1.19. The molecular formula is C17H25NO6. The van der Waals surface area contributed by atoms with E-state index in [9.17, 15) is 0 Å². The van der Waals surface area contributed by atoms with E-state index in [1.165, 1.54) is 5.56 Å². The quantitative estimate of drug-likeness (QED) is 0.338. The standard InChI is InChI=1S/C15H23NO2.C2H2O4/c1-3-7-14-8-4-5-9-15(14)18-12-6-10-16-11-13-17-2;3-1(4)2(5)6/h3-5,8-9,16H,1,6-7,10-13H2,2H3;(H,3,4)(H,5,6). The van der Waals surface area contributed by atoms with Crippen LogP contribution in [0.1, 0.15) is 12.0 Å². The van der Waals surface area contributed by atoms with E-state index in [1.54, 1.807) is 7.11 Å². The van der Waals surface area contributed by atoms with Gasteiger partial charge < -0.3 is 25.0 Å². The summed E-state index contributed by atoms with van der Waals surface area (Å²) in [6.07, 6.45) is 3.74. The zero-order valence-electron chi connectivity index (χ0n) is 13.9. The Morgan fingerprint density at radius 3 is 2.42 bits per heavy atom. The van der Waals surface area contributed by atoms with Gasteiger partial charge in [0.15, 0.2) is 0 Å². The lowest BCUT2D eigenvalue weighted by Crippen LogP contribution is -2.21. The number of hydrogen-bond donors (Lipinski definition) is 3. The molecule has 0 aromatic heterocycles. The lowest BCUT2D eigenvalue weighted by atomic mass is 10.1. The van der Waals surface area contributed by atoms with Crippen molar-refractivity contribution >= 4 is 11.9 Å². The smallest absolute Gasteiger partial charge is 0.414 e. The average molecular weight is 339 g/mol. The van der Waals surface area contributed by atoms with E-state index in [4.69, 9.17) is 29.3 Å². The van der Waals surface area contributed by atoms with Gasteiger partial charge in [-0.15, -0.1) is 6.58 Å². The molecule has 0 unspecified atom stereocenters. The molecule has 7 heteroatoms. The second kappa shape index (κ2) is 14.2. The average Bonchev–Trinajstić information content (AvgIpc) is 2.56. The number of carboxylic acids is 2. The molecule has 0 bridgehead atoms. The molecule has 0 aliphatic carbocycles. The molecule has 1 aromatic carbocycles. The van der Waals surface area contributed by atoms with Crippen LogP contribution in [-0.2, 0) is 20.7 Å². The number of aliphatic carboxylic acids is 2. The van der Waals surface area contributed by atoms with Crippen molar-refractivity contribution in [3.8, 4) is 5.75 Å². The van der Waals surface area contributed by atoms with Crippen molar-refractivity contribution in [1.29, 1.82) is 0 Å². The van der Waals surface area contributed by atoms with E-state index in [2.05, 4.69) is 18.0 Å². The lowest BCUT2D eigenvalue weighted by molar-refractivity contribution is -0.159. The number of hydrogen-bond acceptors (Lipinski definition) is 5. The molecule has 0 saturated heterocycles. The van der Waals surface area contributed by atoms with Crippen LogP contribution in [0.2, 0.25) is 0 Å². The largest absolute Gasteiger partial charge is 0.493 e. The summed E-state index contributed by atoms with van der Waals surface area (Å²) < 4.78 is 10.7. The zero-order valence-corrected chi connectivity index (χ0v) is 13.9. The van der Waals surface area contributed by atoms with Crippen LogP contribution in [0.25, 0.3) is 0 Å². The van der Waals surface area contributed by atoms with Gasteiger partial charge in [0.1, 0.15) is 5.75 Å². The predicted molar refractivity (Wildman–Crippen MR) is 90.5 cm³/mol. The maximum absolute atomic E-state index is 9.10. The van der Waals surface area contributed by atoms with Crippen LogP contribution < -0.4 is 10.1 Å². The number of benzene rings is 1. The molecule has 0 fully saturated rings. The van der Waals surface area contributed by atoms with E-state index in [0.717, 1.165) is 44.9 Å². The first-order chi connectivity index (χ1) is 11.5. The summed E-state index contributed by atoms with van der Waals surface area (Å²) in [7, 11) is 1.71. The van der Waals surface area contributed by atoms with Crippen LogP contribution in [0.3, 0.4) is 0 Å². The number of allylic oxidation sites excluding steroid dienone is 1. The highest BCUT2D eigenvalue weighted by molar-refractivity contribution is 6.27. The minimum Gasteiger partial charge on any atom is -0.493 e. The normalized spacial score (nSPS) is 9.54. The van der Waals surface area contributed by atoms with E-state index in [-0.39, 0.29) is 0 Å². The van der Waals surface area contributed by atoms with Gasteiger partial charge in [0.2, 0.25) is 0 Å². The summed E-state index contributed by atoms with van der Waals surface area (Å²) in [5, 5.41) is 18.1. The van der Waals surface area contributed by atoms with Gasteiger partial charge in [-0.05, 0) is 31.0 Å². The summed E-state index contributed by atoms with van der Waals surface area (Å²) in [6.45, 7) is 7.09. The Morgan fingerprint density at radius 1 is 1.17 bits per heavy atom. The molecule has 0 aliphatic heterocycles. The summed E-state index contributed by atoms with van der Waals surface area (Å²) in [4.78, 5) is 18.2. The number of ether oxygens (including phenoxy) is 2. The van der Waals surface area contributed by atoms with Crippen LogP contribution in [0.4, 0.5) is 0 Å². The van der Waals surface area contributed by atoms with Crippen LogP contribution in [0.5, 0.6) is 5.75 Å². The Hall–Kier alpha value is -2.38. The summed E-state index contributed by atoms with van der Waals surface area (Å²) >= 11 is 0. The van der Waals surface area contributed by atoms with Crippen LogP contribution in [0, 0.1) is 0 Å². The van der Waals surface area contributed by atoms with Crippen molar-refractivity contribution in [3.05, 3.63) is 42.5 Å². The number of rotatable bonds is 10. The Kier molecular flexibility index (Phi) is 12.8. The van der Waals surface area contributed by atoms with Gasteiger partial charge in [-0.1, -0.05) is 24.3 Å². The molecule has 3 N–H and O–H groups in total. The van der Waals surface area contributed by atoms with Crippen molar-refractivity contribution in [1.82, 2.24) is 5.32 Å². The van der Waals surface area contributed by atoms with E-state index in [0.29, 0.717) is 0 Å². The third-order valence-electron chi connectivity index (χ3n) is 2.76. The van der Waals surface area contributed by atoms with Crippen molar-refractivity contribution in [2.45, 2.75) is 12.8 Å². The molecular weight excluding hydrogens is 314 g/mol. The number of carboxylic acid groups (broad SMARTS) is 2.